The Balaban J connectivity index is 1.72. The Hall–Kier alpha value is -2.63. The van der Waals surface area contributed by atoms with Gasteiger partial charge in [0.2, 0.25) is 5.91 Å². The lowest BCUT2D eigenvalue weighted by Crippen LogP contribution is -2.31. The van der Waals surface area contributed by atoms with Crippen LogP contribution < -0.4 is 10.6 Å². The van der Waals surface area contributed by atoms with Crippen LogP contribution in [0.4, 0.5) is 5.69 Å². The SMILES string of the molecule is NC(=O)Cc1ccc(-c2ccccc2C(=O)N2CCCCc3sccc32)cc1Cl. The zero-order chi connectivity index (χ0) is 20.4. The summed E-state index contributed by atoms with van der Waals surface area (Å²) in [5, 5.41) is 2.53. The summed E-state index contributed by atoms with van der Waals surface area (Å²) in [5.41, 5.74) is 9.31. The van der Waals surface area contributed by atoms with E-state index >= 15 is 0 Å². The number of carbonyl (C=O) groups excluding carboxylic acids is 2. The van der Waals surface area contributed by atoms with Gasteiger partial charge in [0.15, 0.2) is 0 Å². The first-order chi connectivity index (χ1) is 14.0. The smallest absolute Gasteiger partial charge is 0.258 e. The maximum atomic E-state index is 13.5. The summed E-state index contributed by atoms with van der Waals surface area (Å²) in [6.45, 7) is 0.717. The summed E-state index contributed by atoms with van der Waals surface area (Å²) < 4.78 is 0. The minimum absolute atomic E-state index is 0.000477. The monoisotopic (exact) mass is 424 g/mol. The van der Waals surface area contributed by atoms with Gasteiger partial charge in [0.05, 0.1) is 12.1 Å². The first-order valence-corrected chi connectivity index (χ1v) is 10.8. The molecule has 29 heavy (non-hydrogen) atoms. The lowest BCUT2D eigenvalue weighted by Gasteiger charge is -2.22. The van der Waals surface area contributed by atoms with E-state index in [9.17, 15) is 9.59 Å². The first-order valence-electron chi connectivity index (χ1n) is 9.59. The highest BCUT2D eigenvalue weighted by molar-refractivity contribution is 7.10. The van der Waals surface area contributed by atoms with Crippen molar-refractivity contribution in [2.24, 2.45) is 5.73 Å². The van der Waals surface area contributed by atoms with Gasteiger partial charge in [-0.1, -0.05) is 41.9 Å². The Morgan fingerprint density at radius 2 is 1.93 bits per heavy atom. The minimum atomic E-state index is -0.428. The number of amides is 2. The fourth-order valence-corrected chi connectivity index (χ4v) is 4.93. The number of primary amides is 1. The molecule has 2 aromatic carbocycles. The van der Waals surface area contributed by atoms with Gasteiger partial charge in [-0.3, -0.25) is 9.59 Å². The van der Waals surface area contributed by atoms with Crippen LogP contribution in [-0.2, 0) is 17.6 Å². The lowest BCUT2D eigenvalue weighted by atomic mass is 9.97. The van der Waals surface area contributed by atoms with Crippen molar-refractivity contribution in [2.45, 2.75) is 25.7 Å². The summed E-state index contributed by atoms with van der Waals surface area (Å²) in [6.07, 6.45) is 3.20. The number of hydrogen-bond donors (Lipinski definition) is 1. The molecule has 2 heterocycles. The van der Waals surface area contributed by atoms with Gasteiger partial charge in [-0.05, 0) is 59.5 Å². The second-order valence-electron chi connectivity index (χ2n) is 7.14. The standard InChI is InChI=1S/C23H21ClN2O2S/c24-19-13-15(8-9-16(19)14-22(25)27)17-5-1-2-6-18(17)23(28)26-11-4-3-7-21-20(26)10-12-29-21/h1-2,5-6,8-10,12-13H,3-4,7,11,14H2,(H2,25,27). The molecule has 6 heteroatoms. The Morgan fingerprint density at radius 1 is 1.10 bits per heavy atom. The maximum Gasteiger partial charge on any atom is 0.258 e. The molecule has 2 amide bonds. The van der Waals surface area contributed by atoms with Gasteiger partial charge < -0.3 is 10.6 Å². The Bertz CT molecular complexity index is 1080. The average molecular weight is 425 g/mol. The normalized spacial score (nSPS) is 13.6. The third-order valence-electron chi connectivity index (χ3n) is 5.18. The molecule has 0 radical (unpaired) electrons. The number of nitrogens with two attached hydrogens (primary N) is 1. The Labute approximate surface area is 178 Å². The topological polar surface area (TPSA) is 63.4 Å². The number of benzene rings is 2. The van der Waals surface area contributed by atoms with Crippen molar-refractivity contribution in [3.05, 3.63) is 74.9 Å². The molecule has 0 unspecified atom stereocenters. The Kier molecular flexibility index (Phi) is 5.69. The predicted molar refractivity (Wildman–Crippen MR) is 119 cm³/mol. The molecule has 0 spiro atoms. The van der Waals surface area contributed by atoms with Gasteiger partial charge in [-0.2, -0.15) is 0 Å². The number of hydrogen-bond acceptors (Lipinski definition) is 3. The lowest BCUT2D eigenvalue weighted by molar-refractivity contribution is -0.117. The summed E-state index contributed by atoms with van der Waals surface area (Å²) in [4.78, 5) is 27.9. The molecule has 3 aromatic rings. The zero-order valence-electron chi connectivity index (χ0n) is 15.9. The highest BCUT2D eigenvalue weighted by Gasteiger charge is 2.25. The van der Waals surface area contributed by atoms with Gasteiger partial charge in [-0.15, -0.1) is 11.3 Å². The van der Waals surface area contributed by atoms with Crippen molar-refractivity contribution in [3.8, 4) is 11.1 Å². The van der Waals surface area contributed by atoms with Crippen molar-refractivity contribution < 1.29 is 9.59 Å². The molecule has 4 nitrogen and oxygen atoms in total. The largest absolute Gasteiger partial charge is 0.369 e. The number of carbonyl (C=O) groups is 2. The fraction of sp³-hybridized carbons (Fsp3) is 0.217. The van der Waals surface area contributed by atoms with E-state index in [1.807, 2.05) is 41.3 Å². The number of aryl methyl sites for hydroxylation is 1. The fourth-order valence-electron chi connectivity index (χ4n) is 3.76. The van der Waals surface area contributed by atoms with Crippen LogP contribution in [-0.4, -0.2) is 18.4 Å². The molecular weight excluding hydrogens is 404 g/mol. The molecular formula is C23H21ClN2O2S. The van der Waals surface area contributed by atoms with Gasteiger partial charge in [0.1, 0.15) is 0 Å². The van der Waals surface area contributed by atoms with E-state index in [2.05, 4.69) is 5.38 Å². The van der Waals surface area contributed by atoms with Crippen molar-refractivity contribution in [1.82, 2.24) is 0 Å². The third kappa shape index (κ3) is 4.07. The van der Waals surface area contributed by atoms with E-state index < -0.39 is 5.91 Å². The van der Waals surface area contributed by atoms with Gasteiger partial charge >= 0.3 is 0 Å². The summed E-state index contributed by atoms with van der Waals surface area (Å²) in [7, 11) is 0. The average Bonchev–Trinajstić information content (AvgIpc) is 3.08. The number of rotatable bonds is 4. The van der Waals surface area contributed by atoms with Crippen molar-refractivity contribution in [2.75, 3.05) is 11.4 Å². The second-order valence-corrected chi connectivity index (χ2v) is 8.55. The molecule has 1 aliphatic rings. The predicted octanol–water partition coefficient (Wildman–Crippen LogP) is 5.08. The van der Waals surface area contributed by atoms with E-state index in [-0.39, 0.29) is 12.3 Å². The van der Waals surface area contributed by atoms with Crippen LogP contribution in [0.15, 0.2) is 53.9 Å². The third-order valence-corrected chi connectivity index (χ3v) is 6.50. The van der Waals surface area contributed by atoms with Crippen LogP contribution in [0.5, 0.6) is 0 Å². The molecule has 0 saturated heterocycles. The van der Waals surface area contributed by atoms with Crippen LogP contribution in [0.3, 0.4) is 0 Å². The van der Waals surface area contributed by atoms with E-state index in [1.54, 1.807) is 23.5 Å². The van der Waals surface area contributed by atoms with Crippen LogP contribution in [0.1, 0.15) is 33.6 Å². The minimum Gasteiger partial charge on any atom is -0.369 e. The molecule has 0 aliphatic carbocycles. The molecule has 4 rings (SSSR count). The molecule has 2 N–H and O–H groups in total. The van der Waals surface area contributed by atoms with Gasteiger partial charge in [-0.25, -0.2) is 0 Å². The molecule has 1 aliphatic heterocycles. The van der Waals surface area contributed by atoms with Crippen LogP contribution in [0.2, 0.25) is 5.02 Å². The van der Waals surface area contributed by atoms with E-state index in [0.29, 0.717) is 16.1 Å². The molecule has 0 fully saturated rings. The first kappa shape index (κ1) is 19.7. The van der Waals surface area contributed by atoms with E-state index in [1.165, 1.54) is 4.88 Å². The molecule has 1 aromatic heterocycles. The van der Waals surface area contributed by atoms with Gasteiger partial charge in [0, 0.05) is 22.0 Å². The van der Waals surface area contributed by atoms with E-state index in [0.717, 1.165) is 42.6 Å². The summed E-state index contributed by atoms with van der Waals surface area (Å²) in [5.74, 6) is -0.428. The number of fused-ring (bicyclic) bond motifs is 1. The van der Waals surface area contributed by atoms with Crippen LogP contribution >= 0.6 is 22.9 Å². The molecule has 0 atom stereocenters. The summed E-state index contributed by atoms with van der Waals surface area (Å²) >= 11 is 8.09. The summed E-state index contributed by atoms with van der Waals surface area (Å²) in [6, 6.07) is 15.1. The number of anilines is 1. The number of nitrogens with zero attached hydrogens (tertiary/aromatic N) is 1. The highest BCUT2D eigenvalue weighted by atomic mass is 35.5. The van der Waals surface area contributed by atoms with Crippen molar-refractivity contribution >= 4 is 40.4 Å². The molecule has 0 saturated carbocycles. The Morgan fingerprint density at radius 3 is 2.72 bits per heavy atom. The molecule has 0 bridgehead atoms. The maximum absolute atomic E-state index is 13.5. The quantitative estimate of drug-likeness (QED) is 0.634. The van der Waals surface area contributed by atoms with Gasteiger partial charge in [0.25, 0.3) is 5.91 Å². The number of halogens is 1. The number of thiophene rings is 1. The second kappa shape index (κ2) is 8.39. The molecule has 148 valence electrons. The zero-order valence-corrected chi connectivity index (χ0v) is 17.4. The van der Waals surface area contributed by atoms with E-state index in [4.69, 9.17) is 17.3 Å². The van der Waals surface area contributed by atoms with Crippen molar-refractivity contribution in [3.63, 3.8) is 0 Å². The van der Waals surface area contributed by atoms with Crippen LogP contribution in [0, 0.1) is 0 Å². The van der Waals surface area contributed by atoms with Crippen molar-refractivity contribution in [1.29, 1.82) is 0 Å². The highest BCUT2D eigenvalue weighted by Crippen LogP contribution is 2.34. The van der Waals surface area contributed by atoms with Crippen LogP contribution in [0.25, 0.3) is 11.1 Å².